The molecule has 1 unspecified atom stereocenters. The molecular formula is C14H20ClF2NO3. The highest BCUT2D eigenvalue weighted by atomic mass is 35.5. The molecule has 21 heavy (non-hydrogen) atoms. The van der Waals surface area contributed by atoms with Gasteiger partial charge in [0.25, 0.3) is 0 Å². The molecule has 1 atom stereocenters. The van der Waals surface area contributed by atoms with E-state index in [0.717, 1.165) is 5.56 Å². The van der Waals surface area contributed by atoms with Crippen molar-refractivity contribution in [2.45, 2.75) is 26.2 Å². The summed E-state index contributed by atoms with van der Waals surface area (Å²) in [5, 5.41) is 0. The van der Waals surface area contributed by atoms with Crippen LogP contribution >= 0.6 is 12.4 Å². The van der Waals surface area contributed by atoms with E-state index in [1.54, 1.807) is 6.92 Å². The van der Waals surface area contributed by atoms with Gasteiger partial charge in [-0.2, -0.15) is 8.78 Å². The van der Waals surface area contributed by atoms with Gasteiger partial charge in [-0.25, -0.2) is 0 Å². The average Bonchev–Trinajstić information content (AvgIpc) is 2.42. The third kappa shape index (κ3) is 5.40. The third-order valence-electron chi connectivity index (χ3n) is 2.45. The maximum absolute atomic E-state index is 12.9. The van der Waals surface area contributed by atoms with E-state index < -0.39 is 18.7 Å². The normalized spacial score (nSPS) is 13.9. The summed E-state index contributed by atoms with van der Waals surface area (Å²) in [4.78, 5) is 0. The molecule has 0 spiro atoms. The van der Waals surface area contributed by atoms with Crippen molar-refractivity contribution in [3.8, 4) is 17.2 Å². The van der Waals surface area contributed by atoms with Gasteiger partial charge in [-0.05, 0) is 37.9 Å². The first kappa shape index (κ1) is 14.4. The highest BCUT2D eigenvalue weighted by Crippen LogP contribution is 2.40. The van der Waals surface area contributed by atoms with Crippen molar-refractivity contribution < 1.29 is 27.1 Å². The number of allylic oxidation sites excluding steroid dienone is 1. The second-order valence-corrected chi connectivity index (χ2v) is 4.20. The number of hydrogen-bond acceptors (Lipinski definition) is 4. The van der Waals surface area contributed by atoms with Gasteiger partial charge in [-0.15, -0.1) is 12.4 Å². The van der Waals surface area contributed by atoms with Crippen molar-refractivity contribution in [1.29, 1.82) is 0 Å². The topological polar surface area (TPSA) is 53.7 Å². The highest BCUT2D eigenvalue weighted by molar-refractivity contribution is 5.85. The van der Waals surface area contributed by atoms with Gasteiger partial charge in [0.15, 0.2) is 17.3 Å². The molecule has 0 saturated heterocycles. The van der Waals surface area contributed by atoms with Gasteiger partial charge < -0.3 is 19.9 Å². The molecule has 0 saturated carbocycles. The Morgan fingerprint density at radius 2 is 1.81 bits per heavy atom. The number of hydrogen-bond donors (Lipinski definition) is 1. The Bertz CT molecular complexity index is 566. The van der Waals surface area contributed by atoms with Crippen LogP contribution in [0, 0.1) is 0 Å². The summed E-state index contributed by atoms with van der Waals surface area (Å²) in [5.74, 6) is -1.51. The average molecular weight is 327 g/mol. The zero-order valence-corrected chi connectivity index (χ0v) is 12.7. The first-order chi connectivity index (χ1) is 10.6. The predicted octanol–water partition coefficient (Wildman–Crippen LogP) is 3.52. The van der Waals surface area contributed by atoms with Crippen molar-refractivity contribution in [1.82, 2.24) is 0 Å². The summed E-state index contributed by atoms with van der Waals surface area (Å²) in [5.41, 5.74) is 6.47. The van der Waals surface area contributed by atoms with Crippen LogP contribution in [0.5, 0.6) is 17.2 Å². The van der Waals surface area contributed by atoms with E-state index in [1.165, 1.54) is 26.4 Å². The fourth-order valence-corrected chi connectivity index (χ4v) is 1.67. The summed E-state index contributed by atoms with van der Waals surface area (Å²) < 4.78 is 62.3. The molecule has 4 nitrogen and oxygen atoms in total. The summed E-state index contributed by atoms with van der Waals surface area (Å²) in [6.07, 6.45) is -1.94. The minimum absolute atomic E-state index is 0. The number of rotatable bonds is 6. The quantitative estimate of drug-likeness (QED) is 0.813. The summed E-state index contributed by atoms with van der Waals surface area (Å²) in [7, 11) is 2.61. The number of ether oxygens (including phenoxy) is 3. The van der Waals surface area contributed by atoms with Crippen LogP contribution in [0.3, 0.4) is 0 Å². The summed E-state index contributed by atoms with van der Waals surface area (Å²) >= 11 is 0. The Labute approximate surface area is 133 Å². The first-order valence-electron chi connectivity index (χ1n) is 7.34. The Hall–Kier alpha value is -1.53. The Morgan fingerprint density at radius 3 is 2.14 bits per heavy atom. The fraction of sp³-hybridized carbons (Fsp3) is 0.429. The van der Waals surface area contributed by atoms with E-state index in [9.17, 15) is 8.78 Å². The molecular weight excluding hydrogens is 304 g/mol. The molecule has 1 rings (SSSR count). The van der Waals surface area contributed by atoms with Crippen LogP contribution in [0.2, 0.25) is 0 Å². The maximum Gasteiger partial charge on any atom is 0.307 e. The molecule has 120 valence electrons. The van der Waals surface area contributed by atoms with E-state index in [-0.39, 0.29) is 35.7 Å². The van der Waals surface area contributed by atoms with Crippen molar-refractivity contribution in [3.05, 3.63) is 29.5 Å². The molecule has 0 bridgehead atoms. The minimum Gasteiger partial charge on any atom is -0.493 e. The lowest BCUT2D eigenvalue weighted by molar-refractivity contribution is 0.297. The van der Waals surface area contributed by atoms with Gasteiger partial charge in [-0.3, -0.25) is 0 Å². The fourth-order valence-electron chi connectivity index (χ4n) is 1.67. The van der Waals surface area contributed by atoms with Crippen LogP contribution in [0.15, 0.2) is 24.0 Å². The van der Waals surface area contributed by atoms with E-state index >= 15 is 0 Å². The predicted molar refractivity (Wildman–Crippen MR) is 79.7 cm³/mol. The number of methoxy groups -OCH3 is 2. The molecule has 0 radical (unpaired) electrons. The lowest BCUT2D eigenvalue weighted by Crippen LogP contribution is -2.17. The van der Waals surface area contributed by atoms with Crippen molar-refractivity contribution in [3.63, 3.8) is 0 Å². The minimum atomic E-state index is -3.11. The smallest absolute Gasteiger partial charge is 0.307 e. The molecule has 0 aliphatic heterocycles. The zero-order chi connectivity index (χ0) is 17.8. The molecule has 0 heterocycles. The van der Waals surface area contributed by atoms with Gasteiger partial charge >= 0.3 is 6.08 Å². The molecule has 2 N–H and O–H groups in total. The molecule has 7 heteroatoms. The van der Waals surface area contributed by atoms with E-state index in [0.29, 0.717) is 6.42 Å². The molecule has 0 aromatic heterocycles. The Balaban J connectivity index is 0.00000529. The zero-order valence-electron chi connectivity index (χ0n) is 14.9. The largest absolute Gasteiger partial charge is 0.493 e. The second-order valence-electron chi connectivity index (χ2n) is 4.20. The lowest BCUT2D eigenvalue weighted by Gasteiger charge is -2.16. The third-order valence-corrected chi connectivity index (χ3v) is 2.45. The van der Waals surface area contributed by atoms with Crippen LogP contribution in [0.1, 0.15) is 23.5 Å². The van der Waals surface area contributed by atoms with Crippen LogP contribution in [-0.2, 0) is 6.42 Å². The van der Waals surface area contributed by atoms with Crippen LogP contribution < -0.4 is 19.9 Å². The van der Waals surface area contributed by atoms with Crippen molar-refractivity contribution in [2.75, 3.05) is 14.2 Å². The standard InChI is InChI=1S/C14H19F2NO3.ClH/c1-8(17)5-10-6-11(18-3)13(12(7-10)19-4)20-9(2)14(15)16;/h6-8H,5,17H2,1-4H3;1H/i2D3;. The van der Waals surface area contributed by atoms with E-state index in [2.05, 4.69) is 0 Å². The number of nitrogens with two attached hydrogens (primary N) is 1. The Kier molecular flexibility index (Phi) is 5.96. The molecule has 0 amide bonds. The summed E-state index contributed by atoms with van der Waals surface area (Å²) in [6, 6.07) is 2.93. The molecule has 0 fully saturated rings. The van der Waals surface area contributed by atoms with Crippen molar-refractivity contribution >= 4 is 12.4 Å². The maximum atomic E-state index is 12.9. The SMILES string of the molecule is Cl.[2H]C([2H])([2H])C(Oc1c(OC)cc(CC(C)N)cc1OC)=C(F)F. The van der Waals surface area contributed by atoms with Gasteiger partial charge in [-0.1, -0.05) is 0 Å². The number of benzene rings is 1. The molecule has 0 aliphatic rings. The van der Waals surface area contributed by atoms with Gasteiger partial charge in [0.1, 0.15) is 0 Å². The lowest BCUT2D eigenvalue weighted by atomic mass is 10.1. The van der Waals surface area contributed by atoms with E-state index in [1.807, 2.05) is 0 Å². The molecule has 1 aromatic carbocycles. The van der Waals surface area contributed by atoms with Crippen molar-refractivity contribution in [2.24, 2.45) is 5.73 Å². The van der Waals surface area contributed by atoms with Gasteiger partial charge in [0, 0.05) is 10.2 Å². The first-order valence-corrected chi connectivity index (χ1v) is 5.84. The summed E-state index contributed by atoms with van der Waals surface area (Å²) in [6.45, 7) is -1.31. The molecule has 1 aromatic rings. The van der Waals surface area contributed by atoms with Gasteiger partial charge in [0.2, 0.25) is 5.75 Å². The molecule has 0 aliphatic carbocycles. The van der Waals surface area contributed by atoms with E-state index in [4.69, 9.17) is 24.1 Å². The number of halogens is 3. The van der Waals surface area contributed by atoms with Gasteiger partial charge in [0.05, 0.1) is 14.2 Å². The van der Waals surface area contributed by atoms with Crippen LogP contribution in [0.4, 0.5) is 8.78 Å². The van der Waals surface area contributed by atoms with Crippen LogP contribution in [-0.4, -0.2) is 20.3 Å². The monoisotopic (exact) mass is 326 g/mol. The second kappa shape index (κ2) is 8.69. The van der Waals surface area contributed by atoms with Crippen LogP contribution in [0.25, 0.3) is 0 Å². The Morgan fingerprint density at radius 1 is 1.29 bits per heavy atom. The highest BCUT2D eigenvalue weighted by Gasteiger charge is 2.17.